The molecule has 2 rings (SSSR count). The molecule has 1 saturated heterocycles. The first-order valence-corrected chi connectivity index (χ1v) is 6.75. The van der Waals surface area contributed by atoms with Gasteiger partial charge < -0.3 is 4.74 Å². The van der Waals surface area contributed by atoms with E-state index >= 15 is 0 Å². The molecule has 1 aliphatic rings. The maximum absolute atomic E-state index is 11.8. The molecule has 108 valence electrons. The molecule has 1 aliphatic heterocycles. The van der Waals surface area contributed by atoms with Gasteiger partial charge in [-0.15, -0.1) is 0 Å². The van der Waals surface area contributed by atoms with Crippen LogP contribution in [0.4, 0.5) is 0 Å². The Morgan fingerprint density at radius 3 is 2.80 bits per heavy atom. The number of hydrogen-bond acceptors (Lipinski definition) is 4. The second kappa shape index (κ2) is 6.05. The number of benzene rings is 1. The second-order valence-electron chi connectivity index (χ2n) is 5.14. The molecule has 1 aromatic rings. The first kappa shape index (κ1) is 14.5. The van der Waals surface area contributed by atoms with Gasteiger partial charge in [-0.25, -0.2) is 0 Å². The molecule has 20 heavy (non-hydrogen) atoms. The van der Waals surface area contributed by atoms with Crippen LogP contribution < -0.4 is 15.4 Å². The summed E-state index contributed by atoms with van der Waals surface area (Å²) >= 11 is 0. The number of amides is 2. The van der Waals surface area contributed by atoms with Gasteiger partial charge in [-0.1, -0.05) is 17.7 Å². The number of imide groups is 1. The van der Waals surface area contributed by atoms with Crippen LogP contribution in [0.25, 0.3) is 0 Å². The van der Waals surface area contributed by atoms with E-state index in [-0.39, 0.29) is 23.9 Å². The normalized spacial score (nSPS) is 20.4. The summed E-state index contributed by atoms with van der Waals surface area (Å²) in [7, 11) is 1.63. The minimum atomic E-state index is -0.340. The van der Waals surface area contributed by atoms with Crippen LogP contribution in [0.15, 0.2) is 18.2 Å². The van der Waals surface area contributed by atoms with Crippen molar-refractivity contribution in [1.29, 1.82) is 0 Å². The molecule has 1 aromatic carbocycles. The van der Waals surface area contributed by atoms with Crippen molar-refractivity contribution in [3.8, 4) is 5.75 Å². The topological polar surface area (TPSA) is 67.4 Å². The molecule has 0 bridgehead atoms. The van der Waals surface area contributed by atoms with Gasteiger partial charge in [-0.05, 0) is 26.3 Å². The van der Waals surface area contributed by atoms with Crippen molar-refractivity contribution < 1.29 is 14.3 Å². The average Bonchev–Trinajstić information content (AvgIpc) is 2.41. The number of methoxy groups -OCH3 is 1. The Morgan fingerprint density at radius 2 is 2.15 bits per heavy atom. The van der Waals surface area contributed by atoms with Crippen molar-refractivity contribution in [3.05, 3.63) is 29.3 Å². The van der Waals surface area contributed by atoms with Gasteiger partial charge >= 0.3 is 0 Å². The van der Waals surface area contributed by atoms with E-state index in [1.54, 1.807) is 7.11 Å². The molecule has 0 radical (unpaired) electrons. The summed E-state index contributed by atoms with van der Waals surface area (Å²) in [5.41, 5.74) is 2.15. The van der Waals surface area contributed by atoms with Gasteiger partial charge in [0.2, 0.25) is 11.8 Å². The second-order valence-corrected chi connectivity index (χ2v) is 5.14. The van der Waals surface area contributed by atoms with Crippen LogP contribution in [0.1, 0.15) is 36.9 Å². The Hall–Kier alpha value is -1.88. The fourth-order valence-electron chi connectivity index (χ4n) is 2.44. The standard InChI is InChI=1S/C15H20N2O3/c1-9-4-6-13(20-3)11(8-9)10(2)16-12-5-7-14(18)17-15(12)19/h4,6,8,10,12,16H,5,7H2,1-3H3,(H,17,18,19). The van der Waals surface area contributed by atoms with Gasteiger partial charge in [0.15, 0.2) is 0 Å². The molecule has 0 aromatic heterocycles. The molecule has 0 aliphatic carbocycles. The molecule has 1 heterocycles. The summed E-state index contributed by atoms with van der Waals surface area (Å²) in [4.78, 5) is 22.9. The van der Waals surface area contributed by atoms with Gasteiger partial charge in [0.25, 0.3) is 0 Å². The summed E-state index contributed by atoms with van der Waals surface area (Å²) in [6.07, 6.45) is 0.907. The Balaban J connectivity index is 2.12. The largest absolute Gasteiger partial charge is 0.496 e. The van der Waals surface area contributed by atoms with Crippen LogP contribution in [-0.4, -0.2) is 25.0 Å². The minimum Gasteiger partial charge on any atom is -0.496 e. The zero-order valence-electron chi connectivity index (χ0n) is 12.0. The van der Waals surface area contributed by atoms with Crippen molar-refractivity contribution in [1.82, 2.24) is 10.6 Å². The molecule has 2 atom stereocenters. The van der Waals surface area contributed by atoms with E-state index in [1.807, 2.05) is 32.0 Å². The highest BCUT2D eigenvalue weighted by Gasteiger charge is 2.28. The molecule has 2 N–H and O–H groups in total. The zero-order valence-corrected chi connectivity index (χ0v) is 12.0. The maximum Gasteiger partial charge on any atom is 0.243 e. The summed E-state index contributed by atoms with van der Waals surface area (Å²) in [5, 5.41) is 5.62. The molecular weight excluding hydrogens is 256 g/mol. The molecular formula is C15H20N2O3. The van der Waals surface area contributed by atoms with Crippen LogP contribution in [0.3, 0.4) is 0 Å². The van der Waals surface area contributed by atoms with Crippen molar-refractivity contribution in [2.24, 2.45) is 0 Å². The predicted octanol–water partition coefficient (Wildman–Crippen LogP) is 1.46. The molecule has 0 spiro atoms. The number of piperidine rings is 1. The van der Waals surface area contributed by atoms with Gasteiger partial charge in [0.1, 0.15) is 5.75 Å². The Morgan fingerprint density at radius 1 is 1.40 bits per heavy atom. The van der Waals surface area contributed by atoms with E-state index in [2.05, 4.69) is 10.6 Å². The third kappa shape index (κ3) is 3.17. The smallest absolute Gasteiger partial charge is 0.243 e. The number of carbonyl (C=O) groups is 2. The molecule has 1 fully saturated rings. The van der Waals surface area contributed by atoms with E-state index in [9.17, 15) is 9.59 Å². The molecule has 5 heteroatoms. The number of nitrogens with one attached hydrogen (secondary N) is 2. The number of carbonyl (C=O) groups excluding carboxylic acids is 2. The summed E-state index contributed by atoms with van der Waals surface area (Å²) in [6, 6.07) is 5.58. The quantitative estimate of drug-likeness (QED) is 0.817. The lowest BCUT2D eigenvalue weighted by atomic mass is 10.0. The fraction of sp³-hybridized carbons (Fsp3) is 0.467. The number of ether oxygens (including phenoxy) is 1. The fourth-order valence-corrected chi connectivity index (χ4v) is 2.44. The third-order valence-corrected chi connectivity index (χ3v) is 3.54. The number of rotatable bonds is 4. The average molecular weight is 276 g/mol. The van der Waals surface area contributed by atoms with E-state index < -0.39 is 0 Å². The van der Waals surface area contributed by atoms with Crippen LogP contribution in [-0.2, 0) is 9.59 Å². The van der Waals surface area contributed by atoms with Crippen molar-refractivity contribution in [3.63, 3.8) is 0 Å². The maximum atomic E-state index is 11.8. The first-order chi connectivity index (χ1) is 9.51. The highest BCUT2D eigenvalue weighted by Crippen LogP contribution is 2.26. The van der Waals surface area contributed by atoms with Gasteiger partial charge in [0, 0.05) is 18.0 Å². The lowest BCUT2D eigenvalue weighted by Gasteiger charge is -2.26. The molecule has 5 nitrogen and oxygen atoms in total. The molecule has 2 unspecified atom stereocenters. The predicted molar refractivity (Wildman–Crippen MR) is 75.5 cm³/mol. The van der Waals surface area contributed by atoms with E-state index in [0.29, 0.717) is 12.8 Å². The van der Waals surface area contributed by atoms with E-state index in [0.717, 1.165) is 16.9 Å². The lowest BCUT2D eigenvalue weighted by molar-refractivity contribution is -0.134. The Labute approximate surface area is 118 Å². The van der Waals surface area contributed by atoms with E-state index in [4.69, 9.17) is 4.74 Å². The summed E-state index contributed by atoms with van der Waals surface area (Å²) in [5.74, 6) is 0.344. The number of hydrogen-bond donors (Lipinski definition) is 2. The van der Waals surface area contributed by atoms with Crippen LogP contribution >= 0.6 is 0 Å². The van der Waals surface area contributed by atoms with Crippen LogP contribution in [0.5, 0.6) is 5.75 Å². The summed E-state index contributed by atoms with van der Waals surface area (Å²) < 4.78 is 5.36. The monoisotopic (exact) mass is 276 g/mol. The first-order valence-electron chi connectivity index (χ1n) is 6.75. The van der Waals surface area contributed by atoms with Crippen LogP contribution in [0, 0.1) is 6.92 Å². The SMILES string of the molecule is COc1ccc(C)cc1C(C)NC1CCC(=O)NC1=O. The Bertz CT molecular complexity index is 528. The van der Waals surface area contributed by atoms with E-state index in [1.165, 1.54) is 0 Å². The van der Waals surface area contributed by atoms with Crippen molar-refractivity contribution in [2.75, 3.05) is 7.11 Å². The summed E-state index contributed by atoms with van der Waals surface area (Å²) in [6.45, 7) is 4.00. The third-order valence-electron chi connectivity index (χ3n) is 3.54. The van der Waals surface area contributed by atoms with Gasteiger partial charge in [-0.3, -0.25) is 20.2 Å². The Kier molecular flexibility index (Phi) is 4.39. The van der Waals surface area contributed by atoms with Crippen molar-refractivity contribution >= 4 is 11.8 Å². The minimum absolute atomic E-state index is 0.0335. The lowest BCUT2D eigenvalue weighted by Crippen LogP contribution is -2.51. The van der Waals surface area contributed by atoms with Gasteiger partial charge in [-0.2, -0.15) is 0 Å². The van der Waals surface area contributed by atoms with Crippen LogP contribution in [0.2, 0.25) is 0 Å². The highest BCUT2D eigenvalue weighted by atomic mass is 16.5. The zero-order chi connectivity index (χ0) is 14.7. The van der Waals surface area contributed by atoms with Gasteiger partial charge in [0.05, 0.1) is 13.2 Å². The highest BCUT2D eigenvalue weighted by molar-refractivity contribution is 6.00. The van der Waals surface area contributed by atoms with Crippen molar-refractivity contribution in [2.45, 2.75) is 38.8 Å². The molecule has 2 amide bonds. The molecule has 0 saturated carbocycles. The number of aryl methyl sites for hydroxylation is 1.